The molecular formula is C14H18BF12NaO8. The van der Waals surface area contributed by atoms with Crippen LogP contribution in [0.4, 0.5) is 52.7 Å². The normalized spacial score (nSPS) is 12.9. The van der Waals surface area contributed by atoms with E-state index in [1.165, 1.54) is 0 Å². The Labute approximate surface area is 211 Å². The van der Waals surface area contributed by atoms with E-state index in [0.29, 0.717) is 0 Å². The molecule has 0 amide bonds. The second kappa shape index (κ2) is 13.8. The SMILES string of the molecule is COC(c1c[c]([Na])cc(C(OC)(C(F)(F)F)C(F)(F)F)c1)(C(F)(F)F)C(F)(F)F.O.O.O.OB(O)O. The van der Waals surface area contributed by atoms with Crippen LogP contribution in [0.25, 0.3) is 0 Å². The van der Waals surface area contributed by atoms with Crippen LogP contribution < -0.4 is 2.81 Å². The molecule has 210 valence electrons. The average molecular weight is 576 g/mol. The zero-order chi connectivity index (χ0) is 26.8. The van der Waals surface area contributed by atoms with Crippen molar-refractivity contribution in [2.75, 3.05) is 14.2 Å². The van der Waals surface area contributed by atoms with Gasteiger partial charge in [-0.05, 0) is 0 Å². The fraction of sp³-hybridized carbons (Fsp3) is 0.571. The first-order valence-electron chi connectivity index (χ1n) is 8.00. The molecule has 1 aromatic carbocycles. The summed E-state index contributed by atoms with van der Waals surface area (Å²) in [5.41, 5.74) is -14.3. The summed E-state index contributed by atoms with van der Waals surface area (Å²) in [5.74, 6) is 0. The zero-order valence-electron chi connectivity index (χ0n) is 18.0. The Kier molecular flexibility index (Phi) is 16.2. The summed E-state index contributed by atoms with van der Waals surface area (Å²) in [6, 6.07) is -0.128. The van der Waals surface area contributed by atoms with Crippen LogP contribution in [0.3, 0.4) is 0 Å². The molecule has 0 radical (unpaired) electrons. The minimum atomic E-state index is -6.27. The molecule has 0 fully saturated rings. The first-order valence-corrected chi connectivity index (χ1v) is 9.00. The molecule has 1 rings (SSSR count). The van der Waals surface area contributed by atoms with E-state index in [9.17, 15) is 52.7 Å². The van der Waals surface area contributed by atoms with Crippen molar-refractivity contribution in [1.82, 2.24) is 0 Å². The Morgan fingerprint density at radius 1 is 0.583 bits per heavy atom. The van der Waals surface area contributed by atoms with Crippen molar-refractivity contribution in [1.29, 1.82) is 0 Å². The van der Waals surface area contributed by atoms with Gasteiger partial charge in [0.15, 0.2) is 0 Å². The molecule has 0 spiro atoms. The molecule has 9 N–H and O–H groups in total. The van der Waals surface area contributed by atoms with Crippen molar-refractivity contribution in [3.8, 4) is 0 Å². The van der Waals surface area contributed by atoms with Crippen molar-refractivity contribution in [2.45, 2.75) is 35.9 Å². The number of alkyl halides is 12. The van der Waals surface area contributed by atoms with Gasteiger partial charge in [0.2, 0.25) is 0 Å². The predicted octanol–water partition coefficient (Wildman–Crippen LogP) is -0.113. The van der Waals surface area contributed by atoms with Crippen LogP contribution in [0.1, 0.15) is 11.1 Å². The van der Waals surface area contributed by atoms with Crippen molar-refractivity contribution in [3.63, 3.8) is 0 Å². The summed E-state index contributed by atoms with van der Waals surface area (Å²) in [5, 5.41) is 21.5. The van der Waals surface area contributed by atoms with Crippen molar-refractivity contribution in [2.24, 2.45) is 0 Å². The van der Waals surface area contributed by atoms with Crippen LogP contribution >= 0.6 is 0 Å². The van der Waals surface area contributed by atoms with Gasteiger partial charge in [0.1, 0.15) is 0 Å². The molecule has 0 saturated heterocycles. The fourth-order valence-electron chi connectivity index (χ4n) is 2.86. The van der Waals surface area contributed by atoms with Gasteiger partial charge in [-0.2, -0.15) is 0 Å². The first kappa shape index (κ1) is 42.2. The van der Waals surface area contributed by atoms with Gasteiger partial charge in [-0.25, -0.2) is 0 Å². The van der Waals surface area contributed by atoms with Crippen LogP contribution in [0.5, 0.6) is 0 Å². The van der Waals surface area contributed by atoms with Crippen LogP contribution in [-0.2, 0) is 20.7 Å². The summed E-state index contributed by atoms with van der Waals surface area (Å²) in [6.45, 7) is 0. The topological polar surface area (TPSA) is 174 Å². The Morgan fingerprint density at radius 2 is 0.778 bits per heavy atom. The first-order chi connectivity index (χ1) is 14.5. The maximum atomic E-state index is 13.4. The van der Waals surface area contributed by atoms with Gasteiger partial charge in [0, 0.05) is 0 Å². The molecule has 8 nitrogen and oxygen atoms in total. The molecule has 0 aromatic heterocycles. The third-order valence-electron chi connectivity index (χ3n) is 4.10. The van der Waals surface area contributed by atoms with E-state index < -0.39 is 91.2 Å². The molecule has 0 aliphatic carbocycles. The van der Waals surface area contributed by atoms with Gasteiger partial charge >= 0.3 is 180 Å². The Hall–Kier alpha value is -0.875. The summed E-state index contributed by atoms with van der Waals surface area (Å²) in [7, 11) is -2.20. The van der Waals surface area contributed by atoms with Gasteiger partial charge < -0.3 is 31.5 Å². The smallest absolute Gasteiger partial charge is 0.412 e. The molecule has 36 heavy (non-hydrogen) atoms. The summed E-state index contributed by atoms with van der Waals surface area (Å²) in [6.07, 6.45) is -25.1. The van der Waals surface area contributed by atoms with E-state index in [1.807, 2.05) is 0 Å². The van der Waals surface area contributed by atoms with Gasteiger partial charge in [-0.1, -0.05) is 0 Å². The number of benzene rings is 1. The maximum Gasteiger partial charge on any atom is 0.631 e. The number of ether oxygens (including phenoxy) is 2. The molecule has 0 aliphatic rings. The Bertz CT molecular complexity index is 709. The minimum absolute atomic E-state index is 0. The number of rotatable bonds is 4. The van der Waals surface area contributed by atoms with Crippen molar-refractivity contribution >= 4 is 38.1 Å². The van der Waals surface area contributed by atoms with Crippen LogP contribution in [0, 0.1) is 0 Å². The van der Waals surface area contributed by atoms with Gasteiger partial charge in [0.25, 0.3) is 0 Å². The van der Waals surface area contributed by atoms with Gasteiger partial charge in [-0.3, -0.25) is 0 Å². The summed E-state index contributed by atoms with van der Waals surface area (Å²) < 4.78 is 167. The molecule has 0 unspecified atom stereocenters. The zero-order valence-corrected chi connectivity index (χ0v) is 20.0. The average Bonchev–Trinajstić information content (AvgIpc) is 2.50. The predicted molar refractivity (Wildman–Crippen MR) is 96.7 cm³/mol. The number of methoxy groups -OCH3 is 2. The molecule has 1 aromatic rings. The van der Waals surface area contributed by atoms with E-state index in [2.05, 4.69) is 9.47 Å². The fourth-order valence-corrected chi connectivity index (χ4v) is 3.49. The standard InChI is InChI=1S/C14H9F12O2.BH3O3.Na.3H2O/c1-27-9(11(15,16)17,12(18,19)20)7-4-3-5-8(6-7)10(28-2,13(21,22)23)14(24,25)26;2-1(3)4;;;;/h4-6H,1-2H3;2-4H;;3*1H2. The van der Waals surface area contributed by atoms with Crippen LogP contribution in [0.2, 0.25) is 0 Å². The molecule has 0 saturated carbocycles. The third-order valence-corrected chi connectivity index (χ3v) is 4.68. The molecule has 22 heteroatoms. The number of hydrogen-bond donors (Lipinski definition) is 3. The molecule has 0 heterocycles. The minimum Gasteiger partial charge on any atom is -0.412 e. The maximum absolute atomic E-state index is 13.4. The Morgan fingerprint density at radius 3 is 0.917 bits per heavy atom. The van der Waals surface area contributed by atoms with Crippen LogP contribution in [0.15, 0.2) is 18.2 Å². The van der Waals surface area contributed by atoms with E-state index >= 15 is 0 Å². The van der Waals surface area contributed by atoms with Gasteiger partial charge in [-0.15, -0.1) is 0 Å². The van der Waals surface area contributed by atoms with Crippen molar-refractivity contribution in [3.05, 3.63) is 29.3 Å². The summed E-state index contributed by atoms with van der Waals surface area (Å²) >= 11 is -0.490. The molecule has 0 aliphatic heterocycles. The second-order valence-corrected chi connectivity index (χ2v) is 7.35. The number of hydrogen-bond acceptors (Lipinski definition) is 5. The van der Waals surface area contributed by atoms with Crippen LogP contribution in [-0.4, -0.2) is 106 Å². The second-order valence-electron chi connectivity index (χ2n) is 6.20. The van der Waals surface area contributed by atoms with E-state index in [0.717, 1.165) is 0 Å². The van der Waals surface area contributed by atoms with Gasteiger partial charge in [0.05, 0.1) is 0 Å². The van der Waals surface area contributed by atoms with E-state index in [1.54, 1.807) is 0 Å². The summed E-state index contributed by atoms with van der Waals surface area (Å²) in [4.78, 5) is 0. The van der Waals surface area contributed by atoms with E-state index in [-0.39, 0.29) is 42.8 Å². The monoisotopic (exact) mass is 576 g/mol. The molecule has 0 bridgehead atoms. The molecular weight excluding hydrogens is 558 g/mol. The third kappa shape index (κ3) is 8.06. The Balaban J connectivity index is -0.000000678. The van der Waals surface area contributed by atoms with Crippen molar-refractivity contribution < 1.29 is 93.7 Å². The van der Waals surface area contributed by atoms with E-state index in [4.69, 9.17) is 15.1 Å². The number of halogens is 12. The molecule has 0 atom stereocenters. The quantitative estimate of drug-likeness (QED) is 0.335. The largest absolute Gasteiger partial charge is 0.631 e.